The van der Waals surface area contributed by atoms with E-state index in [2.05, 4.69) is 20.5 Å². The van der Waals surface area contributed by atoms with Crippen molar-refractivity contribution in [1.82, 2.24) is 15.5 Å². The van der Waals surface area contributed by atoms with Crippen molar-refractivity contribution in [2.24, 2.45) is 16.5 Å². The molecule has 3 rings (SSSR count). The fourth-order valence-electron chi connectivity index (χ4n) is 2.25. The van der Waals surface area contributed by atoms with Crippen LogP contribution in [0.15, 0.2) is 59.4 Å². The molecule has 1 aromatic carbocycles. The molecule has 1 unspecified atom stereocenters. The molecule has 0 amide bonds. The molecular weight excluding hydrogens is 276 g/mol. The molecule has 0 bridgehead atoms. The molecule has 1 aliphatic heterocycles. The number of nitrogens with two attached hydrogens (primary N) is 2. The third-order valence-electron chi connectivity index (χ3n) is 3.30. The molecule has 0 saturated heterocycles. The highest BCUT2D eigenvalue weighted by molar-refractivity contribution is 5.98. The maximum Gasteiger partial charge on any atom is 0.177 e. The number of hydrogen-bond donors (Lipinski definition) is 4. The van der Waals surface area contributed by atoms with E-state index in [4.69, 9.17) is 11.5 Å². The third-order valence-corrected chi connectivity index (χ3v) is 3.30. The molecule has 0 saturated carbocycles. The van der Waals surface area contributed by atoms with Crippen LogP contribution in [0.3, 0.4) is 0 Å². The number of aliphatic imine (C=N–C) groups is 1. The van der Waals surface area contributed by atoms with Crippen LogP contribution in [0.25, 0.3) is 6.08 Å². The summed E-state index contributed by atoms with van der Waals surface area (Å²) in [4.78, 5) is 4.52. The number of nitrogens with zero attached hydrogens (tertiary/aromatic N) is 2. The lowest BCUT2D eigenvalue weighted by atomic mass is 10.1. The van der Waals surface area contributed by atoms with Crippen LogP contribution in [0.4, 0.5) is 0 Å². The fourth-order valence-corrected chi connectivity index (χ4v) is 2.25. The maximum absolute atomic E-state index is 6.34. The Morgan fingerprint density at radius 2 is 1.95 bits per heavy atom. The molecule has 6 nitrogen and oxygen atoms in total. The first-order valence-corrected chi connectivity index (χ1v) is 6.95. The van der Waals surface area contributed by atoms with E-state index in [1.165, 1.54) is 0 Å². The van der Waals surface area contributed by atoms with E-state index in [1.54, 1.807) is 6.08 Å². The van der Waals surface area contributed by atoms with Crippen LogP contribution >= 0.6 is 0 Å². The summed E-state index contributed by atoms with van der Waals surface area (Å²) in [6, 6.07) is 11.8. The molecule has 0 fully saturated rings. The average molecular weight is 294 g/mol. The number of aromatic nitrogens is 2. The zero-order chi connectivity index (χ0) is 15.6. The van der Waals surface area contributed by atoms with Gasteiger partial charge in [0.25, 0.3) is 0 Å². The van der Waals surface area contributed by atoms with Crippen molar-refractivity contribution in [3.05, 3.63) is 71.3 Å². The zero-order valence-electron chi connectivity index (χ0n) is 12.2. The van der Waals surface area contributed by atoms with Crippen molar-refractivity contribution in [2.75, 3.05) is 0 Å². The van der Waals surface area contributed by atoms with E-state index < -0.39 is 5.66 Å². The van der Waals surface area contributed by atoms with Crippen molar-refractivity contribution < 1.29 is 0 Å². The minimum atomic E-state index is -1.07. The molecule has 1 aromatic heterocycles. The van der Waals surface area contributed by atoms with Gasteiger partial charge in [-0.25, -0.2) is 4.99 Å². The van der Waals surface area contributed by atoms with E-state index in [0.29, 0.717) is 17.4 Å². The lowest BCUT2D eigenvalue weighted by Crippen LogP contribution is -2.43. The Morgan fingerprint density at radius 3 is 2.64 bits per heavy atom. The van der Waals surface area contributed by atoms with Crippen molar-refractivity contribution in [3.8, 4) is 0 Å². The second-order valence-corrected chi connectivity index (χ2v) is 5.23. The molecule has 0 radical (unpaired) electrons. The number of hydrogen-bond acceptors (Lipinski definition) is 5. The summed E-state index contributed by atoms with van der Waals surface area (Å²) in [6.07, 6.45) is 5.44. The van der Waals surface area contributed by atoms with Crippen molar-refractivity contribution in [1.29, 1.82) is 0 Å². The van der Waals surface area contributed by atoms with E-state index >= 15 is 0 Å². The summed E-state index contributed by atoms with van der Waals surface area (Å²) in [7, 11) is 0. The van der Waals surface area contributed by atoms with Crippen LogP contribution in [-0.2, 0) is 5.66 Å². The second-order valence-electron chi connectivity index (χ2n) is 5.23. The Hall–Kier alpha value is -2.86. The fraction of sp³-hybridized carbons (Fsp3) is 0.125. The first-order chi connectivity index (χ1) is 10.5. The molecule has 2 aromatic rings. The van der Waals surface area contributed by atoms with Gasteiger partial charge in [0.2, 0.25) is 0 Å². The largest absolute Gasteiger partial charge is 0.385 e. The van der Waals surface area contributed by atoms with E-state index in [0.717, 1.165) is 11.3 Å². The number of amidine groups is 1. The Kier molecular flexibility index (Phi) is 3.52. The van der Waals surface area contributed by atoms with Crippen LogP contribution < -0.4 is 16.8 Å². The van der Waals surface area contributed by atoms with Crippen molar-refractivity contribution in [2.45, 2.75) is 12.6 Å². The standard InChI is InChI=1S/C16H18N6/c1-11-9-13(22-21-11)16(18)10-14(17)19-15(20-16)8-7-12-5-3-2-4-6-12/h2-10H,17-18H2,1H3,(H,19,20)(H,21,22). The first kappa shape index (κ1) is 14.1. The number of aryl methyl sites for hydroxylation is 1. The van der Waals surface area contributed by atoms with Gasteiger partial charge >= 0.3 is 0 Å². The minimum absolute atomic E-state index is 0.450. The second kappa shape index (κ2) is 5.50. The molecule has 22 heavy (non-hydrogen) atoms. The Bertz CT molecular complexity index is 756. The molecule has 1 atom stereocenters. The monoisotopic (exact) mass is 294 g/mol. The van der Waals surface area contributed by atoms with Crippen LogP contribution in [0.2, 0.25) is 0 Å². The third kappa shape index (κ3) is 2.91. The molecule has 6 heteroatoms. The van der Waals surface area contributed by atoms with Crippen LogP contribution in [0.5, 0.6) is 0 Å². The van der Waals surface area contributed by atoms with Gasteiger partial charge in [0, 0.05) is 11.8 Å². The average Bonchev–Trinajstić information content (AvgIpc) is 2.93. The number of aromatic amines is 1. The molecule has 1 aliphatic rings. The Labute approximate surface area is 128 Å². The van der Waals surface area contributed by atoms with Crippen LogP contribution in [0.1, 0.15) is 17.0 Å². The minimum Gasteiger partial charge on any atom is -0.385 e. The molecule has 0 aliphatic carbocycles. The SMILES string of the molecule is Cc1cc(C2(N)C=C(N)NC(C=Cc3ccccc3)=N2)n[nH]1. The Morgan fingerprint density at radius 1 is 1.18 bits per heavy atom. The number of rotatable bonds is 3. The molecule has 0 spiro atoms. The van der Waals surface area contributed by atoms with Gasteiger partial charge in [-0.1, -0.05) is 36.4 Å². The molecule has 6 N–H and O–H groups in total. The predicted molar refractivity (Wildman–Crippen MR) is 87.5 cm³/mol. The summed E-state index contributed by atoms with van der Waals surface area (Å²) in [5, 5.41) is 10.1. The van der Waals surface area contributed by atoms with E-state index in [9.17, 15) is 0 Å². The topological polar surface area (TPSA) is 105 Å². The van der Waals surface area contributed by atoms with E-state index in [1.807, 2.05) is 55.5 Å². The maximum atomic E-state index is 6.34. The van der Waals surface area contributed by atoms with E-state index in [-0.39, 0.29) is 0 Å². The number of nitrogens with one attached hydrogen (secondary N) is 2. The lowest BCUT2D eigenvalue weighted by Gasteiger charge is -2.25. The highest BCUT2D eigenvalue weighted by Crippen LogP contribution is 2.23. The predicted octanol–water partition coefficient (Wildman–Crippen LogP) is 1.34. The smallest absolute Gasteiger partial charge is 0.177 e. The van der Waals surface area contributed by atoms with Gasteiger partial charge in [0.1, 0.15) is 17.4 Å². The number of H-pyrrole nitrogens is 1. The van der Waals surface area contributed by atoms with Crippen LogP contribution in [-0.4, -0.2) is 16.0 Å². The van der Waals surface area contributed by atoms with Gasteiger partial charge < -0.3 is 11.1 Å². The van der Waals surface area contributed by atoms with Crippen molar-refractivity contribution in [3.63, 3.8) is 0 Å². The summed E-state index contributed by atoms with van der Waals surface area (Å²) < 4.78 is 0. The normalized spacial score (nSPS) is 21.4. The summed E-state index contributed by atoms with van der Waals surface area (Å²) in [5.41, 5.74) is 13.8. The summed E-state index contributed by atoms with van der Waals surface area (Å²) >= 11 is 0. The Balaban J connectivity index is 1.91. The van der Waals surface area contributed by atoms with Gasteiger partial charge in [-0.2, -0.15) is 5.10 Å². The zero-order valence-corrected chi connectivity index (χ0v) is 12.2. The molecule has 112 valence electrons. The summed E-state index contributed by atoms with van der Waals surface area (Å²) in [5.74, 6) is 1.04. The first-order valence-electron chi connectivity index (χ1n) is 6.95. The van der Waals surface area contributed by atoms with Crippen LogP contribution in [0, 0.1) is 6.92 Å². The number of benzene rings is 1. The quantitative estimate of drug-likeness (QED) is 0.685. The highest BCUT2D eigenvalue weighted by atomic mass is 15.2. The van der Waals surface area contributed by atoms with Gasteiger partial charge in [-0.3, -0.25) is 10.8 Å². The lowest BCUT2D eigenvalue weighted by molar-refractivity contribution is 0.554. The van der Waals surface area contributed by atoms with Gasteiger partial charge in [0.15, 0.2) is 5.66 Å². The highest BCUT2D eigenvalue weighted by Gasteiger charge is 2.30. The van der Waals surface area contributed by atoms with Crippen molar-refractivity contribution >= 4 is 11.9 Å². The molecule has 2 heterocycles. The van der Waals surface area contributed by atoms with Gasteiger partial charge in [-0.05, 0) is 24.6 Å². The molecular formula is C16H18N6. The van der Waals surface area contributed by atoms with Gasteiger partial charge in [0.05, 0.1) is 0 Å². The van der Waals surface area contributed by atoms with Gasteiger partial charge in [-0.15, -0.1) is 0 Å². The summed E-state index contributed by atoms with van der Waals surface area (Å²) in [6.45, 7) is 1.91.